The zero-order valence-electron chi connectivity index (χ0n) is 54.9. The molecule has 0 aromatic heterocycles. The Morgan fingerprint density at radius 2 is 0.833 bits per heavy atom. The van der Waals surface area contributed by atoms with E-state index < -0.39 is 53.6 Å². The van der Waals surface area contributed by atoms with Crippen LogP contribution in [0.25, 0.3) is 0 Å². The SMILES string of the molecule is CC.CC.CCCCCC(NC(=O)C(N)C(C)CC)C(C)=O.CC[C@H](C)[C@H](N)C(=O)C[C@@H](CCCCNC)C(=O)C[C@@H](Cc1ccc(C)cc1)C(N)=O.CC[C@H](C)[C@H](N)C(=O)C[C@@H](CCCCNC)C(=O)C[C@@H](Cc1ccc(O)cc1)C(N)=O. The highest BCUT2D eigenvalue weighted by Crippen LogP contribution is 2.26. The van der Waals surface area contributed by atoms with Gasteiger partial charge in [-0.2, -0.15) is 0 Å². The van der Waals surface area contributed by atoms with Crippen LogP contribution in [0, 0.1) is 48.3 Å². The van der Waals surface area contributed by atoms with Crippen molar-refractivity contribution < 1.29 is 43.5 Å². The van der Waals surface area contributed by atoms with Gasteiger partial charge in [0.15, 0.2) is 17.3 Å². The Labute approximate surface area is 508 Å². The Morgan fingerprint density at radius 1 is 0.488 bits per heavy atom. The maximum absolute atomic E-state index is 13.1. The number of unbranched alkanes of at least 4 members (excludes halogenated alkanes) is 4. The number of carbonyl (C=O) groups excluding carboxylic acids is 8. The first-order valence-electron chi connectivity index (χ1n) is 31.7. The van der Waals surface area contributed by atoms with Crippen molar-refractivity contribution in [3.05, 3.63) is 65.2 Å². The van der Waals surface area contributed by atoms with Crippen LogP contribution in [0.5, 0.6) is 5.75 Å². The number of carbonyl (C=O) groups is 8. The summed E-state index contributed by atoms with van der Waals surface area (Å²) >= 11 is 0. The van der Waals surface area contributed by atoms with Gasteiger partial charge in [0.25, 0.3) is 0 Å². The molecule has 84 heavy (non-hydrogen) atoms. The van der Waals surface area contributed by atoms with Crippen LogP contribution < -0.4 is 44.6 Å². The van der Waals surface area contributed by atoms with Crippen LogP contribution in [-0.2, 0) is 51.2 Å². The van der Waals surface area contributed by atoms with Gasteiger partial charge in [0.1, 0.15) is 17.3 Å². The molecule has 17 nitrogen and oxygen atoms in total. The number of nitrogens with one attached hydrogen (secondary N) is 3. The molecule has 0 saturated heterocycles. The highest BCUT2D eigenvalue weighted by atomic mass is 16.3. The molecule has 0 aliphatic heterocycles. The lowest BCUT2D eigenvalue weighted by Gasteiger charge is -2.22. The highest BCUT2D eigenvalue weighted by molar-refractivity contribution is 5.94. The Hall–Kier alpha value is -5.20. The van der Waals surface area contributed by atoms with E-state index in [9.17, 15) is 43.5 Å². The fourth-order valence-corrected chi connectivity index (χ4v) is 9.09. The van der Waals surface area contributed by atoms with Gasteiger partial charge in [-0.05, 0) is 127 Å². The number of hydrogen-bond acceptors (Lipinski definition) is 14. The number of aromatic hydroxyl groups is 1. The van der Waals surface area contributed by atoms with Crippen molar-refractivity contribution in [1.82, 2.24) is 16.0 Å². The van der Waals surface area contributed by atoms with Crippen molar-refractivity contribution in [2.75, 3.05) is 27.2 Å². The second kappa shape index (κ2) is 50.0. The predicted octanol–water partition coefficient (Wildman–Crippen LogP) is 9.34. The molecule has 0 bridgehead atoms. The van der Waals surface area contributed by atoms with E-state index in [4.69, 9.17) is 28.7 Å². The normalized spacial score (nSPS) is 14.7. The fraction of sp³-hybridized carbons (Fsp3) is 0.701. The molecule has 0 spiro atoms. The number of primary amides is 2. The number of benzene rings is 2. The molecular formula is C67H120N8O9. The summed E-state index contributed by atoms with van der Waals surface area (Å²) in [5.41, 5.74) is 32.2. The van der Waals surface area contributed by atoms with Crippen molar-refractivity contribution in [1.29, 1.82) is 0 Å². The molecule has 482 valence electrons. The van der Waals surface area contributed by atoms with Crippen LogP contribution in [0.3, 0.4) is 0 Å². The van der Waals surface area contributed by atoms with Gasteiger partial charge in [0.2, 0.25) is 17.7 Å². The summed E-state index contributed by atoms with van der Waals surface area (Å²) < 4.78 is 0. The van der Waals surface area contributed by atoms with Crippen LogP contribution in [0.1, 0.15) is 209 Å². The molecule has 2 rings (SSSR count). The summed E-state index contributed by atoms with van der Waals surface area (Å²) in [4.78, 5) is 99.1. The van der Waals surface area contributed by atoms with E-state index in [1.165, 1.54) is 19.1 Å². The number of phenolic OH excluding ortho intramolecular Hbond substituents is 1. The summed E-state index contributed by atoms with van der Waals surface area (Å²) in [6, 6.07) is 12.3. The lowest BCUT2D eigenvalue weighted by atomic mass is 9.82. The number of amides is 3. The van der Waals surface area contributed by atoms with Crippen LogP contribution >= 0.6 is 0 Å². The summed E-state index contributed by atoms with van der Waals surface area (Å²) in [7, 11) is 3.76. The van der Waals surface area contributed by atoms with E-state index in [2.05, 4.69) is 22.9 Å². The zero-order valence-corrected chi connectivity index (χ0v) is 54.9. The number of phenols is 1. The Bertz CT molecular complexity index is 2000. The summed E-state index contributed by atoms with van der Waals surface area (Å²) in [5, 5.41) is 18.4. The van der Waals surface area contributed by atoms with E-state index in [-0.39, 0.29) is 90.1 Å². The van der Waals surface area contributed by atoms with Crippen molar-refractivity contribution >= 4 is 46.6 Å². The Kier molecular flexibility index (Phi) is 49.4. The lowest BCUT2D eigenvalue weighted by molar-refractivity contribution is -0.132. The van der Waals surface area contributed by atoms with Crippen molar-refractivity contribution in [3.8, 4) is 5.75 Å². The number of hydrogen-bond donors (Lipinski definition) is 9. The second-order valence-electron chi connectivity index (χ2n) is 22.4. The molecule has 11 atom stereocenters. The summed E-state index contributed by atoms with van der Waals surface area (Å²) in [5.74, 6) is -3.29. The maximum atomic E-state index is 13.1. The number of aryl methyl sites for hydroxylation is 1. The molecule has 0 aliphatic carbocycles. The predicted molar refractivity (Wildman–Crippen MR) is 345 cm³/mol. The van der Waals surface area contributed by atoms with E-state index >= 15 is 0 Å². The maximum Gasteiger partial charge on any atom is 0.237 e. The standard InChI is InChI=1S/C25H41N3O3.C24H39N3O4.C14H28N2O2.2C2H6/c1-5-18(3)24(26)23(30)15-20(8-6-7-13-28-4)22(29)16-21(25(27)31)14-19-11-9-17(2)10-12-19;1-4-16(2)23(25)22(30)14-18(7-5-6-12-27-3)21(29)15-19(24(26)31)13-17-8-10-20(28)11-9-17;1-5-7-8-9-12(11(4)17)16-14(18)13(15)10(3)6-2;2*1-2/h9-12,18,20-21,24,28H,5-8,13-16,26H2,1-4H3,(H2,27,31);8-11,16,18-19,23,27-28H,4-7,12-15,25H2,1-3H3,(H2,26,31);10,12-13H,5-9,15H2,1-4H3,(H,16,18);2*1-2H3/t18-,20+,21+,24-;16-,18+,19+,23-;;;/m00.../s1. The molecule has 0 heterocycles. The largest absolute Gasteiger partial charge is 0.508 e. The van der Waals surface area contributed by atoms with E-state index in [1.54, 1.807) is 12.1 Å². The first kappa shape index (κ1) is 83.0. The Morgan fingerprint density at radius 3 is 1.17 bits per heavy atom. The Balaban J connectivity index is -0.00000118. The van der Waals surface area contributed by atoms with Gasteiger partial charge in [-0.25, -0.2) is 0 Å². The van der Waals surface area contributed by atoms with Crippen molar-refractivity contribution in [2.24, 2.45) is 70.1 Å². The van der Waals surface area contributed by atoms with Crippen molar-refractivity contribution in [3.63, 3.8) is 0 Å². The minimum Gasteiger partial charge on any atom is -0.508 e. The van der Waals surface area contributed by atoms with Gasteiger partial charge in [0.05, 0.1) is 24.2 Å². The minimum atomic E-state index is -0.657. The third-order valence-corrected chi connectivity index (χ3v) is 15.7. The van der Waals surface area contributed by atoms with Gasteiger partial charge >= 0.3 is 0 Å². The third-order valence-electron chi connectivity index (χ3n) is 15.7. The molecule has 0 fully saturated rings. The van der Waals surface area contributed by atoms with Crippen LogP contribution in [0.15, 0.2) is 48.5 Å². The van der Waals surface area contributed by atoms with E-state index in [0.29, 0.717) is 32.1 Å². The van der Waals surface area contributed by atoms with E-state index in [0.717, 1.165) is 94.0 Å². The van der Waals surface area contributed by atoms with E-state index in [1.807, 2.05) is 115 Å². The lowest BCUT2D eigenvalue weighted by Crippen LogP contribution is -2.50. The summed E-state index contributed by atoms with van der Waals surface area (Å²) in [6.45, 7) is 27.2. The van der Waals surface area contributed by atoms with Gasteiger partial charge in [-0.15, -0.1) is 0 Å². The molecule has 3 unspecified atom stereocenters. The van der Waals surface area contributed by atoms with Crippen LogP contribution in [0.2, 0.25) is 0 Å². The van der Waals surface area contributed by atoms with Crippen molar-refractivity contribution in [2.45, 2.75) is 236 Å². The second-order valence-corrected chi connectivity index (χ2v) is 22.4. The number of rotatable bonds is 41. The first-order valence-corrected chi connectivity index (χ1v) is 31.7. The zero-order chi connectivity index (χ0) is 64.9. The topological polar surface area (TPSA) is 323 Å². The quantitative estimate of drug-likeness (QED) is 0.0280. The minimum absolute atomic E-state index is 0.00124. The van der Waals surface area contributed by atoms with Gasteiger partial charge in [-0.3, -0.25) is 38.4 Å². The van der Waals surface area contributed by atoms with Gasteiger partial charge < -0.3 is 49.7 Å². The molecule has 17 heteroatoms. The average Bonchev–Trinajstić information content (AvgIpc) is 3.61. The number of ketones is 5. The molecule has 14 N–H and O–H groups in total. The third kappa shape index (κ3) is 36.6. The van der Waals surface area contributed by atoms with Gasteiger partial charge in [-0.1, -0.05) is 169 Å². The molecular weight excluding hydrogens is 1060 g/mol. The molecule has 0 saturated carbocycles. The molecule has 2 aromatic rings. The number of Topliss-reactive ketones (excluding diaryl/α,β-unsaturated/α-hetero) is 5. The van der Waals surface area contributed by atoms with Crippen LogP contribution in [-0.4, -0.2) is 103 Å². The molecule has 0 aliphatic rings. The monoisotopic (exact) mass is 1180 g/mol. The van der Waals surface area contributed by atoms with Gasteiger partial charge in [0, 0.05) is 49.4 Å². The smallest absolute Gasteiger partial charge is 0.237 e. The summed E-state index contributed by atoms with van der Waals surface area (Å²) in [6.07, 6.45) is 12.0. The van der Waals surface area contributed by atoms with Crippen LogP contribution in [0.4, 0.5) is 0 Å². The number of nitrogens with two attached hydrogens (primary N) is 5. The first-order chi connectivity index (χ1) is 39.8. The fourth-order valence-electron chi connectivity index (χ4n) is 9.09. The molecule has 0 radical (unpaired) electrons. The highest BCUT2D eigenvalue weighted by Gasteiger charge is 2.32. The molecule has 2 aromatic carbocycles. The average molecular weight is 1180 g/mol. The molecule has 3 amide bonds.